The summed E-state index contributed by atoms with van der Waals surface area (Å²) >= 11 is 0. The van der Waals surface area contributed by atoms with Gasteiger partial charge in [-0.1, -0.05) is 43.0 Å². The predicted molar refractivity (Wildman–Crippen MR) is 135 cm³/mol. The van der Waals surface area contributed by atoms with E-state index in [1.54, 1.807) is 0 Å². The number of hydrogen-bond acceptors (Lipinski definition) is 2. The quantitative estimate of drug-likeness (QED) is 0.669. The molecule has 2 aromatic rings. The molecule has 3 heteroatoms. The molecule has 0 spiro atoms. The zero-order valence-electron chi connectivity index (χ0n) is 19.2. The van der Waals surface area contributed by atoms with E-state index < -0.39 is 0 Å². The minimum atomic E-state index is 0.258. The van der Waals surface area contributed by atoms with Crippen LogP contribution in [0.2, 0.25) is 0 Å². The molecule has 0 aromatic heterocycles. The zero-order valence-corrected chi connectivity index (χ0v) is 19.2. The van der Waals surface area contributed by atoms with Gasteiger partial charge in [-0.3, -0.25) is 4.90 Å². The summed E-state index contributed by atoms with van der Waals surface area (Å²) in [6.45, 7) is 15.4. The van der Waals surface area contributed by atoms with E-state index in [1.807, 2.05) is 0 Å². The Kier molecular flexibility index (Phi) is 5.84. The smallest absolute Gasteiger partial charge is 0.206 e. The first-order valence-corrected chi connectivity index (χ1v) is 11.9. The van der Waals surface area contributed by atoms with Gasteiger partial charge in [-0.25, -0.2) is 0 Å². The number of likely N-dealkylation sites (tertiary alicyclic amines) is 1. The van der Waals surface area contributed by atoms with Crippen LogP contribution in [0.1, 0.15) is 53.0 Å². The fraction of sp³-hybridized carbons (Fsp3) is 0.345. The van der Waals surface area contributed by atoms with Crippen molar-refractivity contribution in [2.45, 2.75) is 44.7 Å². The van der Waals surface area contributed by atoms with Gasteiger partial charge in [0.25, 0.3) is 0 Å². The highest BCUT2D eigenvalue weighted by molar-refractivity contribution is 5.82. The van der Waals surface area contributed by atoms with Crippen LogP contribution in [0, 0.1) is 6.92 Å². The van der Waals surface area contributed by atoms with Crippen molar-refractivity contribution in [1.82, 2.24) is 10.2 Å². The topological polar surface area (TPSA) is 18.3 Å². The summed E-state index contributed by atoms with van der Waals surface area (Å²) in [7, 11) is 0. The average Bonchev–Trinajstić information content (AvgIpc) is 2.99. The van der Waals surface area contributed by atoms with Crippen LogP contribution >= 0.6 is 0 Å². The highest BCUT2D eigenvalue weighted by Crippen LogP contribution is 2.36. The Bertz CT molecular complexity index is 1090. The SMILES string of the molecule is C=C1NCCCCC1[N+]1=CC=Cc2c(C3CN(Cc4ccccc4)C3)ccc(c2C)C1=C. The molecule has 164 valence electrons. The van der Waals surface area contributed by atoms with E-state index in [0.717, 1.165) is 44.0 Å². The van der Waals surface area contributed by atoms with Gasteiger partial charge in [0.15, 0.2) is 12.3 Å². The van der Waals surface area contributed by atoms with Gasteiger partial charge in [0.2, 0.25) is 5.70 Å². The van der Waals surface area contributed by atoms with Gasteiger partial charge in [-0.2, -0.15) is 4.58 Å². The van der Waals surface area contributed by atoms with Crippen LogP contribution in [0.3, 0.4) is 0 Å². The number of allylic oxidation sites excluding steroid dienone is 1. The molecule has 1 unspecified atom stereocenters. The lowest BCUT2D eigenvalue weighted by atomic mass is 9.83. The summed E-state index contributed by atoms with van der Waals surface area (Å²) in [6.07, 6.45) is 10.2. The third-order valence-electron chi connectivity index (χ3n) is 7.32. The molecule has 3 heterocycles. The van der Waals surface area contributed by atoms with Crippen LogP contribution in [-0.2, 0) is 6.54 Å². The van der Waals surface area contributed by atoms with Crippen molar-refractivity contribution in [3.05, 3.63) is 95.2 Å². The van der Waals surface area contributed by atoms with E-state index >= 15 is 0 Å². The molecule has 2 fully saturated rings. The van der Waals surface area contributed by atoms with E-state index in [9.17, 15) is 0 Å². The Morgan fingerprint density at radius 3 is 2.69 bits per heavy atom. The molecule has 0 aliphatic carbocycles. The lowest BCUT2D eigenvalue weighted by Crippen LogP contribution is -2.44. The standard InChI is InChI=1S/C29H34N3/c1-21-26-14-15-28(25-19-31(20-25)18-24-10-5-4-6-11-24)27(21)12-9-17-32(23(26)3)29-13-7-8-16-30-22(29)2/h4-6,9-12,14-15,17,25,29-30H,2-3,7-8,13,16,18-20H2,1H3/q+1. The monoisotopic (exact) mass is 424 g/mol. The van der Waals surface area contributed by atoms with Gasteiger partial charge < -0.3 is 5.32 Å². The first kappa shape index (κ1) is 21.0. The summed E-state index contributed by atoms with van der Waals surface area (Å²) in [6, 6.07) is 15.7. The van der Waals surface area contributed by atoms with Crippen molar-refractivity contribution >= 4 is 18.0 Å². The van der Waals surface area contributed by atoms with Crippen LogP contribution in [0.15, 0.2) is 67.4 Å². The van der Waals surface area contributed by atoms with E-state index in [1.165, 1.54) is 40.7 Å². The molecule has 0 saturated carbocycles. The highest BCUT2D eigenvalue weighted by atomic mass is 15.2. The van der Waals surface area contributed by atoms with E-state index in [0.29, 0.717) is 5.92 Å². The first-order chi connectivity index (χ1) is 15.6. The molecule has 3 aliphatic heterocycles. The molecule has 1 N–H and O–H groups in total. The second-order valence-electron chi connectivity index (χ2n) is 9.44. The Hall–Kier alpha value is -2.91. The maximum Gasteiger partial charge on any atom is 0.206 e. The number of rotatable bonds is 4. The summed E-state index contributed by atoms with van der Waals surface area (Å²) < 4.78 is 2.33. The van der Waals surface area contributed by atoms with Crippen molar-refractivity contribution in [2.75, 3.05) is 19.6 Å². The Morgan fingerprint density at radius 2 is 1.88 bits per heavy atom. The molecule has 0 radical (unpaired) electrons. The number of nitrogens with zero attached hydrogens (tertiary/aromatic N) is 2. The van der Waals surface area contributed by atoms with Crippen LogP contribution in [0.25, 0.3) is 11.8 Å². The second-order valence-corrected chi connectivity index (χ2v) is 9.44. The minimum absolute atomic E-state index is 0.258. The molecule has 5 rings (SSSR count). The van der Waals surface area contributed by atoms with Gasteiger partial charge in [-0.05, 0) is 60.7 Å². The molecular weight excluding hydrogens is 390 g/mol. The molecule has 2 saturated heterocycles. The zero-order chi connectivity index (χ0) is 22.1. The summed E-state index contributed by atoms with van der Waals surface area (Å²) in [5.41, 5.74) is 9.03. The molecule has 0 amide bonds. The molecule has 3 aliphatic rings. The van der Waals surface area contributed by atoms with Crippen LogP contribution in [-0.4, -0.2) is 41.4 Å². The van der Waals surface area contributed by atoms with Crippen LogP contribution < -0.4 is 5.32 Å². The molecule has 32 heavy (non-hydrogen) atoms. The normalized spacial score (nSPS) is 21.8. The van der Waals surface area contributed by atoms with E-state index in [4.69, 9.17) is 0 Å². The van der Waals surface area contributed by atoms with Gasteiger partial charge in [-0.15, -0.1) is 0 Å². The molecule has 2 bridgehead atoms. The van der Waals surface area contributed by atoms with Gasteiger partial charge >= 0.3 is 0 Å². The summed E-state index contributed by atoms with van der Waals surface area (Å²) in [5, 5.41) is 3.50. The molecule has 2 aromatic carbocycles. The largest absolute Gasteiger partial charge is 0.383 e. The molecule has 1 atom stereocenters. The maximum atomic E-state index is 4.52. The number of fused-ring (bicyclic) bond motifs is 2. The van der Waals surface area contributed by atoms with Crippen molar-refractivity contribution in [3.8, 4) is 0 Å². The van der Waals surface area contributed by atoms with Gasteiger partial charge in [0.1, 0.15) is 0 Å². The number of hydrogen-bond donors (Lipinski definition) is 1. The fourth-order valence-corrected chi connectivity index (χ4v) is 5.44. The van der Waals surface area contributed by atoms with Crippen LogP contribution in [0.5, 0.6) is 0 Å². The number of benzene rings is 2. The fourth-order valence-electron chi connectivity index (χ4n) is 5.44. The average molecular weight is 425 g/mol. The second kappa shape index (κ2) is 8.91. The Morgan fingerprint density at radius 1 is 1.06 bits per heavy atom. The van der Waals surface area contributed by atoms with Gasteiger partial charge in [0.05, 0.1) is 5.70 Å². The van der Waals surface area contributed by atoms with Gasteiger partial charge in [0, 0.05) is 50.2 Å². The lowest BCUT2D eigenvalue weighted by Gasteiger charge is -2.40. The lowest BCUT2D eigenvalue weighted by molar-refractivity contribution is -0.462. The molecule has 3 nitrogen and oxygen atoms in total. The third kappa shape index (κ3) is 3.98. The van der Waals surface area contributed by atoms with Crippen molar-refractivity contribution in [3.63, 3.8) is 0 Å². The first-order valence-electron chi connectivity index (χ1n) is 11.9. The molecular formula is C29H34N3+. The summed E-state index contributed by atoms with van der Waals surface area (Å²) in [5.74, 6) is 0.598. The maximum absolute atomic E-state index is 4.52. The van der Waals surface area contributed by atoms with Crippen molar-refractivity contribution in [1.29, 1.82) is 0 Å². The van der Waals surface area contributed by atoms with E-state index in [2.05, 4.69) is 95.7 Å². The third-order valence-corrected chi connectivity index (χ3v) is 7.32. The highest BCUT2D eigenvalue weighted by Gasteiger charge is 2.33. The van der Waals surface area contributed by atoms with Crippen LogP contribution in [0.4, 0.5) is 0 Å². The van der Waals surface area contributed by atoms with E-state index in [-0.39, 0.29) is 6.04 Å². The summed E-state index contributed by atoms with van der Waals surface area (Å²) in [4.78, 5) is 2.54. The predicted octanol–water partition coefficient (Wildman–Crippen LogP) is 5.33. The van der Waals surface area contributed by atoms with Crippen molar-refractivity contribution < 1.29 is 4.58 Å². The Labute approximate surface area is 192 Å². The van der Waals surface area contributed by atoms with Crippen molar-refractivity contribution in [2.24, 2.45) is 0 Å². The number of nitrogens with one attached hydrogen (secondary N) is 1. The Balaban J connectivity index is 1.37. The minimum Gasteiger partial charge on any atom is -0.383 e.